The molecule has 1 atom stereocenters. The molecule has 6 heteroatoms. The first-order chi connectivity index (χ1) is 11.1. The molecule has 5 nitrogen and oxygen atoms in total. The number of carbonyl (C=O) groups is 1. The van der Waals surface area contributed by atoms with Gasteiger partial charge in [-0.3, -0.25) is 4.79 Å². The third kappa shape index (κ3) is 4.82. The van der Waals surface area contributed by atoms with Crippen LogP contribution in [0, 0.1) is 0 Å². The van der Waals surface area contributed by atoms with Crippen LogP contribution in [0.2, 0.25) is 0 Å². The largest absolute Gasteiger partial charge is 0.493 e. The minimum absolute atomic E-state index is 0.145. The van der Waals surface area contributed by atoms with E-state index in [-0.39, 0.29) is 11.9 Å². The van der Waals surface area contributed by atoms with E-state index in [0.29, 0.717) is 18.1 Å². The molecule has 0 aliphatic carbocycles. The second-order valence-electron chi connectivity index (χ2n) is 4.78. The summed E-state index contributed by atoms with van der Waals surface area (Å²) in [5, 5.41) is 5.59. The Hall–Kier alpha value is -2.34. The van der Waals surface area contributed by atoms with Crippen molar-refractivity contribution in [3.05, 3.63) is 46.4 Å². The minimum Gasteiger partial charge on any atom is -0.493 e. The van der Waals surface area contributed by atoms with E-state index in [4.69, 9.17) is 9.47 Å². The lowest BCUT2D eigenvalue weighted by Crippen LogP contribution is -2.24. The molecule has 1 amide bonds. The van der Waals surface area contributed by atoms with E-state index in [1.54, 1.807) is 19.4 Å². The molecular weight excluding hydrogens is 312 g/mol. The lowest BCUT2D eigenvalue weighted by molar-refractivity contribution is -0.117. The Balaban J connectivity index is 2.02. The molecule has 0 saturated carbocycles. The van der Waals surface area contributed by atoms with Crippen LogP contribution in [-0.2, 0) is 4.79 Å². The normalized spacial score (nSPS) is 12.1. The highest BCUT2D eigenvalue weighted by molar-refractivity contribution is 7.10. The lowest BCUT2D eigenvalue weighted by Gasteiger charge is -2.16. The van der Waals surface area contributed by atoms with Gasteiger partial charge in [-0.2, -0.15) is 0 Å². The zero-order chi connectivity index (χ0) is 16.7. The summed E-state index contributed by atoms with van der Waals surface area (Å²) in [5.74, 6) is 1.19. The average Bonchev–Trinajstić information content (AvgIpc) is 3.07. The Kier molecular flexibility index (Phi) is 6.17. The molecule has 0 bridgehead atoms. The van der Waals surface area contributed by atoms with Gasteiger partial charge >= 0.3 is 0 Å². The van der Waals surface area contributed by atoms with Gasteiger partial charge in [0.05, 0.1) is 19.8 Å². The van der Waals surface area contributed by atoms with Crippen LogP contribution in [0.25, 0.3) is 6.08 Å². The fraction of sp³-hybridized carbons (Fsp3) is 0.294. The Labute approximate surface area is 140 Å². The van der Waals surface area contributed by atoms with Crippen LogP contribution in [-0.4, -0.2) is 24.6 Å². The summed E-state index contributed by atoms with van der Waals surface area (Å²) in [6, 6.07) is 5.50. The topological polar surface area (TPSA) is 60.5 Å². The molecule has 0 aliphatic heterocycles. The molecule has 0 aliphatic rings. The molecule has 1 heterocycles. The van der Waals surface area contributed by atoms with Crippen LogP contribution in [0.15, 0.2) is 35.9 Å². The number of carbonyl (C=O) groups excluding carboxylic acids is 1. The molecule has 2 aromatic rings. The van der Waals surface area contributed by atoms with Crippen molar-refractivity contribution in [1.82, 2.24) is 10.3 Å². The summed E-state index contributed by atoms with van der Waals surface area (Å²) >= 11 is 1.48. The van der Waals surface area contributed by atoms with Gasteiger partial charge in [0.15, 0.2) is 11.5 Å². The van der Waals surface area contributed by atoms with Crippen LogP contribution in [0.5, 0.6) is 11.5 Å². The van der Waals surface area contributed by atoms with Gasteiger partial charge in [0.25, 0.3) is 0 Å². The van der Waals surface area contributed by atoms with Gasteiger partial charge in [0.1, 0.15) is 5.01 Å². The number of benzene rings is 1. The van der Waals surface area contributed by atoms with Crippen molar-refractivity contribution in [2.45, 2.75) is 19.9 Å². The number of ether oxygens (including phenoxy) is 2. The van der Waals surface area contributed by atoms with Gasteiger partial charge in [-0.25, -0.2) is 4.98 Å². The lowest BCUT2D eigenvalue weighted by atomic mass is 10.1. The summed E-state index contributed by atoms with van der Waals surface area (Å²) in [6.07, 6.45) is 4.89. The van der Waals surface area contributed by atoms with Crippen molar-refractivity contribution in [3.8, 4) is 11.5 Å². The third-order valence-corrected chi connectivity index (χ3v) is 3.92. The maximum absolute atomic E-state index is 12.0. The van der Waals surface area contributed by atoms with E-state index in [2.05, 4.69) is 10.3 Å². The van der Waals surface area contributed by atoms with Crippen molar-refractivity contribution >= 4 is 23.3 Å². The van der Waals surface area contributed by atoms with Crippen LogP contribution in [0.4, 0.5) is 0 Å². The predicted octanol–water partition coefficient (Wildman–Crippen LogP) is 3.44. The van der Waals surface area contributed by atoms with E-state index in [9.17, 15) is 4.79 Å². The van der Waals surface area contributed by atoms with Gasteiger partial charge in [0.2, 0.25) is 5.91 Å². The zero-order valence-corrected chi connectivity index (χ0v) is 14.2. The molecule has 0 radical (unpaired) electrons. The number of methoxy groups -OCH3 is 1. The number of amides is 1. The molecule has 0 spiro atoms. The van der Waals surface area contributed by atoms with Crippen molar-refractivity contribution in [3.63, 3.8) is 0 Å². The monoisotopic (exact) mass is 332 g/mol. The van der Waals surface area contributed by atoms with Crippen LogP contribution >= 0.6 is 11.3 Å². The third-order valence-electron chi connectivity index (χ3n) is 3.17. The number of hydrogen-bond acceptors (Lipinski definition) is 5. The fourth-order valence-corrected chi connectivity index (χ4v) is 2.57. The molecule has 2 rings (SSSR count). The van der Waals surface area contributed by atoms with Gasteiger partial charge in [-0.15, -0.1) is 11.3 Å². The first-order valence-corrected chi connectivity index (χ1v) is 8.20. The van der Waals surface area contributed by atoms with Crippen LogP contribution in [0.1, 0.15) is 30.5 Å². The molecule has 23 heavy (non-hydrogen) atoms. The molecule has 1 aromatic heterocycles. The summed E-state index contributed by atoms with van der Waals surface area (Å²) in [5.41, 5.74) is 0.946. The second kappa shape index (κ2) is 8.33. The Bertz CT molecular complexity index is 668. The quantitative estimate of drug-likeness (QED) is 0.789. The number of nitrogens with one attached hydrogen (secondary N) is 1. The highest BCUT2D eigenvalue weighted by Gasteiger charge is 2.11. The Morgan fingerprint density at radius 2 is 2.26 bits per heavy atom. The minimum atomic E-state index is -0.166. The molecule has 0 saturated heterocycles. The number of thiazole rings is 1. The van der Waals surface area contributed by atoms with E-state index < -0.39 is 0 Å². The second-order valence-corrected chi connectivity index (χ2v) is 5.70. The molecule has 1 N–H and O–H groups in total. The maximum atomic E-state index is 12.0. The van der Waals surface area contributed by atoms with Gasteiger partial charge < -0.3 is 14.8 Å². The molecular formula is C17H20N2O3S. The molecule has 0 unspecified atom stereocenters. The van der Waals surface area contributed by atoms with Crippen molar-refractivity contribution in [2.24, 2.45) is 0 Å². The smallest absolute Gasteiger partial charge is 0.244 e. The summed E-state index contributed by atoms with van der Waals surface area (Å²) in [4.78, 5) is 16.1. The summed E-state index contributed by atoms with van der Waals surface area (Å²) in [6.45, 7) is 4.42. The van der Waals surface area contributed by atoms with Crippen molar-refractivity contribution in [1.29, 1.82) is 0 Å². The van der Waals surface area contributed by atoms with Crippen LogP contribution < -0.4 is 14.8 Å². The first kappa shape index (κ1) is 17.0. The van der Waals surface area contributed by atoms with Gasteiger partial charge in [0, 0.05) is 17.7 Å². The SMILES string of the molecule is CCOc1ccc([C@@H](C)NC(=O)/C=C\c2nccs2)cc1OC. The molecule has 1 aromatic carbocycles. The first-order valence-electron chi connectivity index (χ1n) is 7.32. The highest BCUT2D eigenvalue weighted by Crippen LogP contribution is 2.30. The van der Waals surface area contributed by atoms with Crippen molar-refractivity contribution < 1.29 is 14.3 Å². The highest BCUT2D eigenvalue weighted by atomic mass is 32.1. The zero-order valence-electron chi connectivity index (χ0n) is 13.4. The number of rotatable bonds is 7. The standard InChI is InChI=1S/C17H20N2O3S/c1-4-22-14-6-5-13(11-15(14)21-3)12(2)19-16(20)7-8-17-18-9-10-23-17/h5-12H,4H2,1-3H3,(H,19,20)/b8-7-/t12-/m1/s1. The summed E-state index contributed by atoms with van der Waals surface area (Å²) in [7, 11) is 1.60. The average molecular weight is 332 g/mol. The maximum Gasteiger partial charge on any atom is 0.244 e. The Morgan fingerprint density at radius 3 is 2.91 bits per heavy atom. The molecule has 122 valence electrons. The van der Waals surface area contributed by atoms with E-state index in [1.165, 1.54) is 17.4 Å². The predicted molar refractivity (Wildman–Crippen MR) is 91.9 cm³/mol. The van der Waals surface area contributed by atoms with Gasteiger partial charge in [-0.05, 0) is 37.6 Å². The Morgan fingerprint density at radius 1 is 1.43 bits per heavy atom. The van der Waals surface area contributed by atoms with E-state index in [1.807, 2.05) is 37.4 Å². The van der Waals surface area contributed by atoms with Crippen molar-refractivity contribution in [2.75, 3.05) is 13.7 Å². The number of nitrogens with zero attached hydrogens (tertiary/aromatic N) is 1. The van der Waals surface area contributed by atoms with Gasteiger partial charge in [-0.1, -0.05) is 6.07 Å². The fourth-order valence-electron chi connectivity index (χ4n) is 2.04. The van der Waals surface area contributed by atoms with E-state index in [0.717, 1.165) is 10.6 Å². The summed E-state index contributed by atoms with van der Waals surface area (Å²) < 4.78 is 10.8. The molecule has 0 fully saturated rings. The van der Waals surface area contributed by atoms with E-state index >= 15 is 0 Å². The number of hydrogen-bond donors (Lipinski definition) is 1. The van der Waals surface area contributed by atoms with Crippen LogP contribution in [0.3, 0.4) is 0 Å². The number of aromatic nitrogens is 1.